The number of carboxylic acid groups (broad SMARTS) is 1. The maximum absolute atomic E-state index is 11.6. The van der Waals surface area contributed by atoms with Crippen LogP contribution < -0.4 is 10.6 Å². The molecule has 1 rings (SSSR count). The molecule has 0 aromatic rings. The SMILES string of the molecule is CSCC[C@H](NC(=O)NCCOC1CCCC1)C(=O)O. The summed E-state index contributed by atoms with van der Waals surface area (Å²) in [6.07, 6.45) is 7.28. The number of carbonyl (C=O) groups is 2. The van der Waals surface area contributed by atoms with E-state index in [4.69, 9.17) is 9.84 Å². The summed E-state index contributed by atoms with van der Waals surface area (Å²) in [4.78, 5) is 22.5. The Kier molecular flexibility index (Phi) is 8.45. The molecule has 1 aliphatic rings. The van der Waals surface area contributed by atoms with Gasteiger partial charge < -0.3 is 20.5 Å². The van der Waals surface area contributed by atoms with Gasteiger partial charge in [-0.15, -0.1) is 0 Å². The Morgan fingerprint density at radius 2 is 2.10 bits per heavy atom. The minimum absolute atomic E-state index is 0.327. The van der Waals surface area contributed by atoms with Crippen LogP contribution >= 0.6 is 11.8 Å². The number of nitrogens with one attached hydrogen (secondary N) is 2. The molecule has 3 N–H and O–H groups in total. The lowest BCUT2D eigenvalue weighted by molar-refractivity contribution is -0.139. The lowest BCUT2D eigenvalue weighted by atomic mass is 10.2. The van der Waals surface area contributed by atoms with Gasteiger partial charge in [0, 0.05) is 6.54 Å². The monoisotopic (exact) mass is 304 g/mol. The molecule has 0 aromatic heterocycles. The molecule has 6 nitrogen and oxygen atoms in total. The zero-order valence-electron chi connectivity index (χ0n) is 11.9. The molecule has 0 spiro atoms. The second kappa shape index (κ2) is 9.88. The van der Waals surface area contributed by atoms with Crippen molar-refractivity contribution in [2.24, 2.45) is 0 Å². The van der Waals surface area contributed by atoms with Gasteiger partial charge in [0.15, 0.2) is 0 Å². The highest BCUT2D eigenvalue weighted by Crippen LogP contribution is 2.20. The number of carbonyl (C=O) groups excluding carboxylic acids is 1. The number of hydrogen-bond acceptors (Lipinski definition) is 4. The predicted molar refractivity (Wildman–Crippen MR) is 79.2 cm³/mol. The van der Waals surface area contributed by atoms with Gasteiger partial charge in [-0.3, -0.25) is 0 Å². The Morgan fingerprint density at radius 3 is 2.70 bits per heavy atom. The van der Waals surface area contributed by atoms with Crippen molar-refractivity contribution in [2.75, 3.05) is 25.2 Å². The molecule has 0 aromatic carbocycles. The number of hydrogen-bond donors (Lipinski definition) is 3. The number of thioether (sulfide) groups is 1. The molecular formula is C13H24N2O4S. The molecule has 0 bridgehead atoms. The number of aliphatic carboxylic acids is 1. The van der Waals surface area contributed by atoms with Crippen LogP contribution in [-0.4, -0.2) is 54.4 Å². The minimum atomic E-state index is -1.00. The van der Waals surface area contributed by atoms with Gasteiger partial charge in [0.05, 0.1) is 12.7 Å². The van der Waals surface area contributed by atoms with Crippen molar-refractivity contribution in [1.29, 1.82) is 0 Å². The summed E-state index contributed by atoms with van der Waals surface area (Å²) >= 11 is 1.55. The first-order valence-corrected chi connectivity index (χ1v) is 8.40. The molecule has 1 aliphatic carbocycles. The van der Waals surface area contributed by atoms with E-state index in [1.54, 1.807) is 11.8 Å². The fourth-order valence-electron chi connectivity index (χ4n) is 2.15. The van der Waals surface area contributed by atoms with Crippen molar-refractivity contribution in [3.8, 4) is 0 Å². The van der Waals surface area contributed by atoms with Gasteiger partial charge in [-0.25, -0.2) is 9.59 Å². The van der Waals surface area contributed by atoms with Gasteiger partial charge in [0.25, 0.3) is 0 Å². The van der Waals surface area contributed by atoms with Crippen molar-refractivity contribution >= 4 is 23.8 Å². The minimum Gasteiger partial charge on any atom is -0.480 e. The topological polar surface area (TPSA) is 87.7 Å². The lowest BCUT2D eigenvalue weighted by Crippen LogP contribution is -2.47. The Balaban J connectivity index is 2.12. The van der Waals surface area contributed by atoms with Crippen molar-refractivity contribution in [3.63, 3.8) is 0 Å². The van der Waals surface area contributed by atoms with E-state index in [9.17, 15) is 9.59 Å². The molecule has 1 atom stereocenters. The fraction of sp³-hybridized carbons (Fsp3) is 0.846. The molecule has 116 valence electrons. The number of urea groups is 1. The maximum atomic E-state index is 11.6. The third-order valence-corrected chi connectivity index (χ3v) is 3.90. The van der Waals surface area contributed by atoms with Gasteiger partial charge >= 0.3 is 12.0 Å². The van der Waals surface area contributed by atoms with Crippen molar-refractivity contribution in [2.45, 2.75) is 44.2 Å². The van der Waals surface area contributed by atoms with Gasteiger partial charge in [0.2, 0.25) is 0 Å². The number of carboxylic acids is 1. The van der Waals surface area contributed by atoms with E-state index < -0.39 is 18.0 Å². The van der Waals surface area contributed by atoms with Gasteiger partial charge in [0.1, 0.15) is 6.04 Å². The molecule has 0 heterocycles. The Hall–Kier alpha value is -0.950. The third kappa shape index (κ3) is 7.00. The summed E-state index contributed by atoms with van der Waals surface area (Å²) in [6.45, 7) is 0.873. The first kappa shape index (κ1) is 17.1. The normalized spacial score (nSPS) is 16.9. The second-order valence-corrected chi connectivity index (χ2v) is 5.84. The van der Waals surface area contributed by atoms with Crippen LogP contribution in [0.1, 0.15) is 32.1 Å². The van der Waals surface area contributed by atoms with Crippen molar-refractivity contribution in [1.82, 2.24) is 10.6 Å². The highest BCUT2D eigenvalue weighted by atomic mass is 32.2. The number of rotatable bonds is 9. The van der Waals surface area contributed by atoms with Crippen LogP contribution in [0.25, 0.3) is 0 Å². The van der Waals surface area contributed by atoms with Crippen LogP contribution in [0.2, 0.25) is 0 Å². The summed E-state index contributed by atoms with van der Waals surface area (Å²) in [5.41, 5.74) is 0. The molecular weight excluding hydrogens is 280 g/mol. The zero-order chi connectivity index (χ0) is 14.8. The first-order valence-electron chi connectivity index (χ1n) is 7.01. The summed E-state index contributed by atoms with van der Waals surface area (Å²) < 4.78 is 5.61. The summed E-state index contributed by atoms with van der Waals surface area (Å²) in [6, 6.07) is -1.29. The summed E-state index contributed by atoms with van der Waals surface area (Å²) in [5, 5.41) is 14.1. The van der Waals surface area contributed by atoms with Crippen LogP contribution in [0.5, 0.6) is 0 Å². The van der Waals surface area contributed by atoms with Crippen LogP contribution in [0, 0.1) is 0 Å². The lowest BCUT2D eigenvalue weighted by Gasteiger charge is -2.15. The Bertz CT molecular complexity index is 309. The van der Waals surface area contributed by atoms with Crippen LogP contribution in [0.15, 0.2) is 0 Å². The number of amides is 2. The van der Waals surface area contributed by atoms with Gasteiger partial charge in [-0.05, 0) is 31.3 Å². The molecule has 1 fully saturated rings. The van der Waals surface area contributed by atoms with E-state index >= 15 is 0 Å². The average molecular weight is 304 g/mol. The smallest absolute Gasteiger partial charge is 0.326 e. The maximum Gasteiger partial charge on any atom is 0.326 e. The molecule has 20 heavy (non-hydrogen) atoms. The molecule has 0 aliphatic heterocycles. The molecule has 7 heteroatoms. The van der Waals surface area contributed by atoms with Gasteiger partial charge in [-0.2, -0.15) is 11.8 Å². The molecule has 0 radical (unpaired) electrons. The molecule has 1 saturated carbocycles. The quantitative estimate of drug-likeness (QED) is 0.561. The summed E-state index contributed by atoms with van der Waals surface area (Å²) in [7, 11) is 0. The van der Waals surface area contributed by atoms with Crippen molar-refractivity contribution < 1.29 is 19.4 Å². The second-order valence-electron chi connectivity index (χ2n) is 4.85. The zero-order valence-corrected chi connectivity index (χ0v) is 12.7. The van der Waals surface area contributed by atoms with E-state index in [0.717, 1.165) is 12.8 Å². The molecule has 2 amide bonds. The summed E-state index contributed by atoms with van der Waals surface area (Å²) in [5.74, 6) is -0.307. The number of ether oxygens (including phenoxy) is 1. The van der Waals surface area contributed by atoms with E-state index in [-0.39, 0.29) is 0 Å². The average Bonchev–Trinajstić information content (AvgIpc) is 2.92. The van der Waals surface area contributed by atoms with Crippen LogP contribution in [0.4, 0.5) is 4.79 Å². The molecule has 0 unspecified atom stereocenters. The van der Waals surface area contributed by atoms with Gasteiger partial charge in [-0.1, -0.05) is 12.8 Å². The largest absolute Gasteiger partial charge is 0.480 e. The van der Waals surface area contributed by atoms with E-state index in [1.165, 1.54) is 12.8 Å². The van der Waals surface area contributed by atoms with Crippen LogP contribution in [-0.2, 0) is 9.53 Å². The predicted octanol–water partition coefficient (Wildman–Crippen LogP) is 1.45. The van der Waals surface area contributed by atoms with E-state index in [2.05, 4.69) is 10.6 Å². The fourth-order valence-corrected chi connectivity index (χ4v) is 2.62. The van der Waals surface area contributed by atoms with E-state index in [0.29, 0.717) is 31.4 Å². The molecule has 0 saturated heterocycles. The standard InChI is InChI=1S/C13H24N2O4S/c1-20-9-6-11(12(16)17)15-13(18)14-7-8-19-10-4-2-3-5-10/h10-11H,2-9H2,1H3,(H,16,17)(H2,14,15,18)/t11-/m0/s1. The first-order chi connectivity index (χ1) is 9.63. The highest BCUT2D eigenvalue weighted by molar-refractivity contribution is 7.98. The highest BCUT2D eigenvalue weighted by Gasteiger charge is 2.19. The Labute approximate surface area is 124 Å². The van der Waals surface area contributed by atoms with Crippen LogP contribution in [0.3, 0.4) is 0 Å². The Morgan fingerprint density at radius 1 is 1.40 bits per heavy atom. The van der Waals surface area contributed by atoms with E-state index in [1.807, 2.05) is 6.26 Å². The third-order valence-electron chi connectivity index (χ3n) is 3.26. The van der Waals surface area contributed by atoms with Crippen molar-refractivity contribution in [3.05, 3.63) is 0 Å².